The summed E-state index contributed by atoms with van der Waals surface area (Å²) in [6, 6.07) is 18.9. The number of anilines is 1. The van der Waals surface area contributed by atoms with Gasteiger partial charge in [-0.2, -0.15) is 0 Å². The summed E-state index contributed by atoms with van der Waals surface area (Å²) in [5, 5.41) is 10.7. The molecule has 1 unspecified atom stereocenters. The highest BCUT2D eigenvalue weighted by Gasteiger charge is 2.35. The first-order valence-electron chi connectivity index (χ1n) is 8.72. The molecular weight excluding hydrogens is 344 g/mol. The van der Waals surface area contributed by atoms with Gasteiger partial charge in [0.1, 0.15) is 11.4 Å². The smallest absolute Gasteiger partial charge is 0.227 e. The lowest BCUT2D eigenvalue weighted by Crippen LogP contribution is -2.32. The average Bonchev–Trinajstić information content (AvgIpc) is 3.34. The van der Waals surface area contributed by atoms with Gasteiger partial charge in [0.25, 0.3) is 0 Å². The normalized spacial score (nSPS) is 16.5. The molecule has 0 bridgehead atoms. The van der Waals surface area contributed by atoms with Crippen LogP contribution in [0.5, 0.6) is 0 Å². The topological polar surface area (TPSA) is 88.3 Å². The molecule has 4 rings (SSSR count). The summed E-state index contributed by atoms with van der Waals surface area (Å²) in [6.07, 6.45) is 0.198. The number of benzene rings is 2. The highest BCUT2D eigenvalue weighted by molar-refractivity contribution is 6.00. The number of hydrogen-bond acceptors (Lipinski definition) is 5. The fourth-order valence-electron chi connectivity index (χ4n) is 3.19. The van der Waals surface area contributed by atoms with Gasteiger partial charge in [-0.3, -0.25) is 9.59 Å². The van der Waals surface area contributed by atoms with Crippen LogP contribution in [0.3, 0.4) is 0 Å². The van der Waals surface area contributed by atoms with E-state index in [1.54, 1.807) is 4.90 Å². The first-order chi connectivity index (χ1) is 13.2. The first kappa shape index (κ1) is 17.0. The molecule has 0 spiro atoms. The van der Waals surface area contributed by atoms with Gasteiger partial charge in [0, 0.05) is 24.2 Å². The molecule has 0 aliphatic carbocycles. The van der Waals surface area contributed by atoms with Crippen molar-refractivity contribution in [1.29, 1.82) is 0 Å². The zero-order valence-corrected chi connectivity index (χ0v) is 14.5. The van der Waals surface area contributed by atoms with E-state index in [2.05, 4.69) is 15.6 Å². The molecule has 1 saturated heterocycles. The van der Waals surface area contributed by atoms with Crippen LogP contribution in [0.1, 0.15) is 12.1 Å². The molecule has 7 nitrogen and oxygen atoms in total. The molecule has 0 saturated carbocycles. The Kier molecular flexibility index (Phi) is 4.65. The van der Waals surface area contributed by atoms with E-state index in [1.165, 1.54) is 0 Å². The Morgan fingerprint density at radius 2 is 1.78 bits per heavy atom. The molecule has 3 aromatic rings. The number of para-hydroxylation sites is 1. The molecule has 136 valence electrons. The van der Waals surface area contributed by atoms with Gasteiger partial charge in [0.2, 0.25) is 11.8 Å². The number of amides is 2. The zero-order valence-electron chi connectivity index (χ0n) is 14.5. The van der Waals surface area contributed by atoms with Gasteiger partial charge >= 0.3 is 0 Å². The summed E-state index contributed by atoms with van der Waals surface area (Å²) in [6.45, 7) is 0.569. The van der Waals surface area contributed by atoms with E-state index >= 15 is 0 Å². The minimum Gasteiger partial charge on any atom is -0.350 e. The van der Waals surface area contributed by atoms with Crippen molar-refractivity contribution in [3.8, 4) is 11.3 Å². The molecule has 2 amide bonds. The van der Waals surface area contributed by atoms with E-state index in [4.69, 9.17) is 4.63 Å². The molecule has 0 radical (unpaired) electrons. The Morgan fingerprint density at radius 1 is 1.07 bits per heavy atom. The summed E-state index contributed by atoms with van der Waals surface area (Å²) >= 11 is 0. The lowest BCUT2D eigenvalue weighted by molar-refractivity contribution is -0.126. The molecule has 27 heavy (non-hydrogen) atoms. The summed E-state index contributed by atoms with van der Waals surface area (Å²) in [5.41, 5.74) is 2.84. The first-order valence-corrected chi connectivity index (χ1v) is 8.72. The second-order valence-corrected chi connectivity index (χ2v) is 6.38. The van der Waals surface area contributed by atoms with Gasteiger partial charge in [-0.05, 0) is 17.3 Å². The van der Waals surface area contributed by atoms with Gasteiger partial charge < -0.3 is 10.2 Å². The van der Waals surface area contributed by atoms with Crippen LogP contribution in [0, 0.1) is 5.92 Å². The van der Waals surface area contributed by atoms with Crippen LogP contribution in [0.2, 0.25) is 0 Å². The second-order valence-electron chi connectivity index (χ2n) is 6.38. The molecule has 1 aliphatic heterocycles. The van der Waals surface area contributed by atoms with Crippen molar-refractivity contribution in [3.63, 3.8) is 0 Å². The van der Waals surface area contributed by atoms with Crippen LogP contribution >= 0.6 is 0 Å². The minimum absolute atomic E-state index is 0.0468. The predicted octanol–water partition coefficient (Wildman–Crippen LogP) is 2.41. The van der Waals surface area contributed by atoms with Crippen molar-refractivity contribution in [2.75, 3.05) is 11.4 Å². The lowest BCUT2D eigenvalue weighted by Gasteiger charge is -2.16. The van der Waals surface area contributed by atoms with Crippen LogP contribution in [0.4, 0.5) is 5.69 Å². The number of nitrogens with zero attached hydrogens (tertiary/aromatic N) is 3. The number of carbonyl (C=O) groups excluding carboxylic acids is 2. The van der Waals surface area contributed by atoms with E-state index in [0.717, 1.165) is 11.3 Å². The molecule has 1 aliphatic rings. The fourth-order valence-corrected chi connectivity index (χ4v) is 3.19. The fraction of sp³-hybridized carbons (Fsp3) is 0.200. The maximum absolute atomic E-state index is 12.5. The third kappa shape index (κ3) is 3.57. The Bertz CT molecular complexity index is 940. The van der Waals surface area contributed by atoms with Crippen LogP contribution in [0.15, 0.2) is 65.3 Å². The van der Waals surface area contributed by atoms with E-state index in [1.807, 2.05) is 60.7 Å². The maximum atomic E-state index is 12.5. The number of carbonyl (C=O) groups is 2. The summed E-state index contributed by atoms with van der Waals surface area (Å²) in [7, 11) is 0. The van der Waals surface area contributed by atoms with Crippen molar-refractivity contribution in [2.24, 2.45) is 5.92 Å². The molecule has 1 atom stereocenters. The number of aromatic nitrogens is 2. The van der Waals surface area contributed by atoms with E-state index in [-0.39, 0.29) is 24.8 Å². The highest BCUT2D eigenvalue weighted by atomic mass is 16.6. The Hall–Kier alpha value is -3.48. The van der Waals surface area contributed by atoms with E-state index in [9.17, 15) is 9.59 Å². The monoisotopic (exact) mass is 362 g/mol. The zero-order chi connectivity index (χ0) is 18.6. The van der Waals surface area contributed by atoms with E-state index < -0.39 is 5.92 Å². The number of hydrogen-bond donors (Lipinski definition) is 1. The molecule has 1 aromatic heterocycles. The van der Waals surface area contributed by atoms with Gasteiger partial charge in [-0.15, -0.1) is 0 Å². The Balaban J connectivity index is 1.40. The summed E-state index contributed by atoms with van der Waals surface area (Å²) < 4.78 is 4.84. The van der Waals surface area contributed by atoms with Crippen LogP contribution in [0.25, 0.3) is 11.3 Å². The Morgan fingerprint density at radius 3 is 2.52 bits per heavy atom. The molecule has 1 N–H and O–H groups in total. The predicted molar refractivity (Wildman–Crippen MR) is 98.5 cm³/mol. The third-order valence-electron chi connectivity index (χ3n) is 4.60. The third-order valence-corrected chi connectivity index (χ3v) is 4.60. The summed E-state index contributed by atoms with van der Waals surface area (Å²) in [4.78, 5) is 26.5. The van der Waals surface area contributed by atoms with Crippen molar-refractivity contribution < 1.29 is 14.2 Å². The van der Waals surface area contributed by atoms with E-state index in [0.29, 0.717) is 17.9 Å². The molecule has 1 fully saturated rings. The lowest BCUT2D eigenvalue weighted by atomic mass is 10.1. The molecule has 2 aromatic carbocycles. The minimum atomic E-state index is -0.391. The second kappa shape index (κ2) is 7.41. The van der Waals surface area contributed by atoms with Crippen LogP contribution < -0.4 is 10.2 Å². The van der Waals surface area contributed by atoms with Gasteiger partial charge in [0.05, 0.1) is 12.5 Å². The standard InChI is InChI=1S/C20H18N4O3/c25-18-11-15(13-24(18)16-9-5-2-6-10-16)20(26)21-12-17-19(23-27-22-17)14-7-3-1-4-8-14/h1-10,15H,11-13H2,(H,21,26). The number of nitrogens with one attached hydrogen (secondary N) is 1. The molecule has 2 heterocycles. The van der Waals surface area contributed by atoms with Gasteiger partial charge in [-0.1, -0.05) is 53.7 Å². The summed E-state index contributed by atoms with van der Waals surface area (Å²) in [5.74, 6) is -0.615. The highest BCUT2D eigenvalue weighted by Crippen LogP contribution is 2.25. The average molecular weight is 362 g/mol. The molecule has 7 heteroatoms. The van der Waals surface area contributed by atoms with Gasteiger partial charge in [-0.25, -0.2) is 4.63 Å². The molecular formula is C20H18N4O3. The van der Waals surface area contributed by atoms with Crippen molar-refractivity contribution in [3.05, 3.63) is 66.4 Å². The quantitative estimate of drug-likeness (QED) is 0.753. The van der Waals surface area contributed by atoms with Crippen LogP contribution in [-0.2, 0) is 16.1 Å². The number of rotatable bonds is 5. The Labute approximate surface area is 155 Å². The maximum Gasteiger partial charge on any atom is 0.227 e. The SMILES string of the molecule is O=C(NCc1nonc1-c1ccccc1)C1CC(=O)N(c2ccccc2)C1. The van der Waals surface area contributed by atoms with Crippen LogP contribution in [-0.4, -0.2) is 28.7 Å². The van der Waals surface area contributed by atoms with Crippen molar-refractivity contribution >= 4 is 17.5 Å². The largest absolute Gasteiger partial charge is 0.350 e. The van der Waals surface area contributed by atoms with Crippen molar-refractivity contribution in [2.45, 2.75) is 13.0 Å². The van der Waals surface area contributed by atoms with Crippen molar-refractivity contribution in [1.82, 2.24) is 15.6 Å². The van der Waals surface area contributed by atoms with Gasteiger partial charge in [0.15, 0.2) is 0 Å².